The summed E-state index contributed by atoms with van der Waals surface area (Å²) in [5, 5.41) is 5.34. The molecule has 0 unspecified atom stereocenters. The van der Waals surface area contributed by atoms with E-state index in [1.807, 2.05) is 12.4 Å². The number of hydrogen-bond acceptors (Lipinski definition) is 4. The molecular formula is C4H7N3S. The van der Waals surface area contributed by atoms with Gasteiger partial charge < -0.3 is 11.1 Å². The smallest absolute Gasteiger partial charge is 0.182 e. The van der Waals surface area contributed by atoms with Crippen molar-refractivity contribution in [3.8, 4) is 0 Å². The van der Waals surface area contributed by atoms with Crippen LogP contribution in [0.5, 0.6) is 0 Å². The summed E-state index contributed by atoms with van der Waals surface area (Å²) in [4.78, 5) is 3.91. The van der Waals surface area contributed by atoms with E-state index in [0.29, 0.717) is 5.13 Å². The maximum atomic E-state index is 5.32. The van der Waals surface area contributed by atoms with E-state index in [0.717, 1.165) is 5.82 Å². The highest BCUT2D eigenvalue weighted by Gasteiger charge is 1.90. The van der Waals surface area contributed by atoms with E-state index in [1.54, 1.807) is 0 Å². The molecule has 1 rings (SSSR count). The standard InChI is InChI=1S/C4H7N3S/c1-6-3-2-8-4(5)7-3/h2,6H,1H3,(H2,5,7). The van der Waals surface area contributed by atoms with Gasteiger partial charge in [0.25, 0.3) is 0 Å². The van der Waals surface area contributed by atoms with Crippen molar-refractivity contribution in [3.05, 3.63) is 5.38 Å². The molecule has 0 radical (unpaired) electrons. The van der Waals surface area contributed by atoms with Crippen molar-refractivity contribution in [2.45, 2.75) is 0 Å². The van der Waals surface area contributed by atoms with Crippen LogP contribution in [0.3, 0.4) is 0 Å². The summed E-state index contributed by atoms with van der Waals surface area (Å²) in [5.74, 6) is 0.840. The molecular weight excluding hydrogens is 122 g/mol. The zero-order chi connectivity index (χ0) is 5.98. The maximum Gasteiger partial charge on any atom is 0.182 e. The van der Waals surface area contributed by atoms with Gasteiger partial charge in [0, 0.05) is 12.4 Å². The average molecular weight is 129 g/mol. The Labute approximate surface area is 51.5 Å². The minimum absolute atomic E-state index is 0.606. The number of anilines is 2. The fourth-order valence-corrected chi connectivity index (χ4v) is 0.956. The van der Waals surface area contributed by atoms with Gasteiger partial charge in [-0.2, -0.15) is 0 Å². The predicted octanol–water partition coefficient (Wildman–Crippen LogP) is 0.767. The topological polar surface area (TPSA) is 50.9 Å². The second kappa shape index (κ2) is 2.00. The monoisotopic (exact) mass is 129 g/mol. The molecule has 1 aromatic heterocycles. The Morgan fingerprint density at radius 1 is 1.88 bits per heavy atom. The lowest BCUT2D eigenvalue weighted by Crippen LogP contribution is -1.88. The van der Waals surface area contributed by atoms with Gasteiger partial charge in [0.2, 0.25) is 0 Å². The maximum absolute atomic E-state index is 5.32. The van der Waals surface area contributed by atoms with E-state index in [2.05, 4.69) is 10.3 Å². The summed E-state index contributed by atoms with van der Waals surface area (Å²) in [6.45, 7) is 0. The molecule has 1 aromatic rings. The van der Waals surface area contributed by atoms with Gasteiger partial charge in [0.1, 0.15) is 5.82 Å². The van der Waals surface area contributed by atoms with Gasteiger partial charge in [-0.25, -0.2) is 4.98 Å². The van der Waals surface area contributed by atoms with Gasteiger partial charge in [0.05, 0.1) is 0 Å². The van der Waals surface area contributed by atoms with Crippen LogP contribution in [-0.4, -0.2) is 12.0 Å². The van der Waals surface area contributed by atoms with Crippen molar-refractivity contribution in [1.82, 2.24) is 4.98 Å². The molecule has 3 N–H and O–H groups in total. The summed E-state index contributed by atoms with van der Waals surface area (Å²) in [7, 11) is 1.81. The highest BCUT2D eigenvalue weighted by atomic mass is 32.1. The third kappa shape index (κ3) is 0.894. The Balaban J connectivity index is 2.84. The summed E-state index contributed by atoms with van der Waals surface area (Å²) >= 11 is 1.43. The molecule has 0 aromatic carbocycles. The molecule has 0 atom stereocenters. The van der Waals surface area contributed by atoms with Gasteiger partial charge in [0.15, 0.2) is 5.13 Å². The van der Waals surface area contributed by atoms with Gasteiger partial charge in [-0.05, 0) is 0 Å². The number of nitrogens with zero attached hydrogens (tertiary/aromatic N) is 1. The molecule has 0 aliphatic carbocycles. The van der Waals surface area contributed by atoms with Crippen LogP contribution in [0.4, 0.5) is 10.9 Å². The predicted molar refractivity (Wildman–Crippen MR) is 36.1 cm³/mol. The van der Waals surface area contributed by atoms with Gasteiger partial charge in [-0.1, -0.05) is 0 Å². The van der Waals surface area contributed by atoms with Crippen LogP contribution < -0.4 is 11.1 Å². The zero-order valence-electron chi connectivity index (χ0n) is 4.51. The molecule has 0 spiro atoms. The molecule has 3 nitrogen and oxygen atoms in total. The Bertz CT molecular complexity index is 172. The highest BCUT2D eigenvalue weighted by Crippen LogP contribution is 2.13. The lowest BCUT2D eigenvalue weighted by atomic mass is 10.8. The normalized spacial score (nSPS) is 9.12. The molecule has 0 aliphatic heterocycles. The molecule has 8 heavy (non-hydrogen) atoms. The molecule has 4 heteroatoms. The number of nitrogen functional groups attached to an aromatic ring is 1. The van der Waals surface area contributed by atoms with Crippen LogP contribution in [0.25, 0.3) is 0 Å². The van der Waals surface area contributed by atoms with Crippen molar-refractivity contribution < 1.29 is 0 Å². The van der Waals surface area contributed by atoms with Crippen molar-refractivity contribution in [3.63, 3.8) is 0 Å². The second-order valence-electron chi connectivity index (χ2n) is 1.32. The molecule has 1 heterocycles. The van der Waals surface area contributed by atoms with Gasteiger partial charge in [-0.3, -0.25) is 0 Å². The number of thiazole rings is 1. The van der Waals surface area contributed by atoms with E-state index in [1.165, 1.54) is 11.3 Å². The van der Waals surface area contributed by atoms with E-state index in [4.69, 9.17) is 5.73 Å². The fourth-order valence-electron chi connectivity index (χ4n) is 0.402. The summed E-state index contributed by atoms with van der Waals surface area (Å²) < 4.78 is 0. The first-order valence-electron chi connectivity index (χ1n) is 2.21. The minimum Gasteiger partial charge on any atom is -0.375 e. The number of nitrogens with one attached hydrogen (secondary N) is 1. The van der Waals surface area contributed by atoms with Gasteiger partial charge >= 0.3 is 0 Å². The highest BCUT2D eigenvalue weighted by molar-refractivity contribution is 7.13. The van der Waals surface area contributed by atoms with Crippen molar-refractivity contribution in [2.24, 2.45) is 0 Å². The molecule has 0 saturated carbocycles. The first kappa shape index (κ1) is 5.37. The first-order chi connectivity index (χ1) is 3.83. The average Bonchev–Trinajstić information content (AvgIpc) is 2.14. The van der Waals surface area contributed by atoms with E-state index in [-0.39, 0.29) is 0 Å². The van der Waals surface area contributed by atoms with Crippen LogP contribution >= 0.6 is 11.3 Å². The Kier molecular flexibility index (Phi) is 1.34. The number of rotatable bonds is 1. The Morgan fingerprint density at radius 3 is 2.88 bits per heavy atom. The van der Waals surface area contributed by atoms with Crippen LogP contribution in [0.15, 0.2) is 5.38 Å². The van der Waals surface area contributed by atoms with Crippen molar-refractivity contribution in [1.29, 1.82) is 0 Å². The van der Waals surface area contributed by atoms with Crippen LogP contribution in [0.2, 0.25) is 0 Å². The van der Waals surface area contributed by atoms with Crippen LogP contribution in [0, 0.1) is 0 Å². The van der Waals surface area contributed by atoms with E-state index < -0.39 is 0 Å². The van der Waals surface area contributed by atoms with Crippen molar-refractivity contribution in [2.75, 3.05) is 18.1 Å². The Morgan fingerprint density at radius 2 is 2.62 bits per heavy atom. The lowest BCUT2D eigenvalue weighted by molar-refractivity contribution is 1.36. The van der Waals surface area contributed by atoms with Crippen LogP contribution in [0.1, 0.15) is 0 Å². The summed E-state index contributed by atoms with van der Waals surface area (Å²) in [6, 6.07) is 0. The number of aromatic nitrogens is 1. The molecule has 0 fully saturated rings. The SMILES string of the molecule is CNc1csc(N)n1. The van der Waals surface area contributed by atoms with E-state index in [9.17, 15) is 0 Å². The Hall–Kier alpha value is -0.770. The summed E-state index contributed by atoms with van der Waals surface area (Å²) in [6.07, 6.45) is 0. The molecule has 44 valence electrons. The quantitative estimate of drug-likeness (QED) is 0.588. The van der Waals surface area contributed by atoms with E-state index >= 15 is 0 Å². The summed E-state index contributed by atoms with van der Waals surface area (Å²) in [5.41, 5.74) is 5.32. The van der Waals surface area contributed by atoms with Gasteiger partial charge in [-0.15, -0.1) is 11.3 Å². The third-order valence-corrected chi connectivity index (χ3v) is 1.45. The number of hydrogen-bond donors (Lipinski definition) is 2. The number of nitrogens with two attached hydrogens (primary N) is 1. The van der Waals surface area contributed by atoms with Crippen LogP contribution in [-0.2, 0) is 0 Å². The fraction of sp³-hybridized carbons (Fsp3) is 0.250. The first-order valence-corrected chi connectivity index (χ1v) is 3.09. The molecule has 0 saturated heterocycles. The second-order valence-corrected chi connectivity index (χ2v) is 2.21. The largest absolute Gasteiger partial charge is 0.375 e. The zero-order valence-corrected chi connectivity index (χ0v) is 5.33. The van der Waals surface area contributed by atoms with Crippen molar-refractivity contribution >= 4 is 22.3 Å². The molecule has 0 bridgehead atoms. The lowest BCUT2D eigenvalue weighted by Gasteiger charge is -1.85. The molecule has 0 aliphatic rings. The molecule has 0 amide bonds. The minimum atomic E-state index is 0.606. The third-order valence-electron chi connectivity index (χ3n) is 0.778.